The molecular weight excluding hydrogens is 318 g/mol. The van der Waals surface area contributed by atoms with Gasteiger partial charge in [-0.2, -0.15) is 10.2 Å². The predicted octanol–water partition coefficient (Wildman–Crippen LogP) is 2.98. The van der Waals surface area contributed by atoms with Gasteiger partial charge in [0, 0.05) is 12.7 Å². The van der Waals surface area contributed by atoms with Crippen molar-refractivity contribution in [2.75, 3.05) is 5.32 Å². The lowest BCUT2D eigenvalue weighted by molar-refractivity contribution is 0.948. The van der Waals surface area contributed by atoms with E-state index in [1.54, 1.807) is 16.6 Å². The van der Waals surface area contributed by atoms with Crippen LogP contribution in [0.15, 0.2) is 47.1 Å². The molecule has 0 aliphatic carbocycles. The molecule has 3 rings (SSSR count). The van der Waals surface area contributed by atoms with E-state index in [0.717, 1.165) is 15.7 Å². The summed E-state index contributed by atoms with van der Waals surface area (Å²) in [5.74, 6) is 0.571. The molecule has 2 heterocycles. The van der Waals surface area contributed by atoms with Crippen LogP contribution < -0.4 is 5.32 Å². The molecule has 3 aromatic rings. The van der Waals surface area contributed by atoms with Gasteiger partial charge in [0.2, 0.25) is 5.95 Å². The standard InChI is InChI=1S/C14H10BrN5/c15-12-2-1-7-20-13(12)18-14(19-20)17-9-11-5-3-10(8-16)4-6-11/h1-7H,9H2,(H,17,19). The third-order valence-electron chi connectivity index (χ3n) is 2.85. The number of hydrogen-bond acceptors (Lipinski definition) is 4. The van der Waals surface area contributed by atoms with Crippen molar-refractivity contribution < 1.29 is 0 Å². The predicted molar refractivity (Wildman–Crippen MR) is 79.2 cm³/mol. The maximum atomic E-state index is 8.75. The molecule has 0 saturated carbocycles. The van der Waals surface area contributed by atoms with E-state index in [1.165, 1.54) is 0 Å². The Hall–Kier alpha value is -2.39. The maximum absolute atomic E-state index is 8.75. The third-order valence-corrected chi connectivity index (χ3v) is 3.47. The van der Waals surface area contributed by atoms with Gasteiger partial charge in [-0.3, -0.25) is 0 Å². The first-order valence-corrected chi connectivity index (χ1v) is 6.79. The van der Waals surface area contributed by atoms with Gasteiger partial charge in [-0.05, 0) is 45.8 Å². The first kappa shape index (κ1) is 12.6. The number of anilines is 1. The number of aromatic nitrogens is 3. The van der Waals surface area contributed by atoms with Crippen molar-refractivity contribution in [3.63, 3.8) is 0 Å². The molecule has 1 aromatic carbocycles. The van der Waals surface area contributed by atoms with Gasteiger partial charge in [0.05, 0.1) is 16.1 Å². The van der Waals surface area contributed by atoms with E-state index in [9.17, 15) is 0 Å². The van der Waals surface area contributed by atoms with Crippen LogP contribution in [0, 0.1) is 11.3 Å². The summed E-state index contributed by atoms with van der Waals surface area (Å²) in [7, 11) is 0. The summed E-state index contributed by atoms with van der Waals surface area (Å²) in [6.07, 6.45) is 1.85. The van der Waals surface area contributed by atoms with E-state index < -0.39 is 0 Å². The smallest absolute Gasteiger partial charge is 0.243 e. The van der Waals surface area contributed by atoms with Gasteiger partial charge in [0.15, 0.2) is 5.65 Å². The highest BCUT2D eigenvalue weighted by molar-refractivity contribution is 9.10. The van der Waals surface area contributed by atoms with Crippen LogP contribution in [0.25, 0.3) is 5.65 Å². The van der Waals surface area contributed by atoms with Crippen molar-refractivity contribution in [2.24, 2.45) is 0 Å². The monoisotopic (exact) mass is 327 g/mol. The molecule has 1 N–H and O–H groups in total. The Kier molecular flexibility index (Phi) is 3.35. The molecule has 0 spiro atoms. The summed E-state index contributed by atoms with van der Waals surface area (Å²) < 4.78 is 2.62. The molecule has 0 radical (unpaired) electrons. The first-order chi connectivity index (χ1) is 9.76. The van der Waals surface area contributed by atoms with Crippen molar-refractivity contribution >= 4 is 27.5 Å². The van der Waals surface area contributed by atoms with Crippen molar-refractivity contribution in [1.82, 2.24) is 14.6 Å². The van der Waals surface area contributed by atoms with Crippen molar-refractivity contribution in [1.29, 1.82) is 5.26 Å². The molecule has 98 valence electrons. The van der Waals surface area contributed by atoms with Crippen LogP contribution in [-0.4, -0.2) is 14.6 Å². The summed E-state index contributed by atoms with van der Waals surface area (Å²) in [5, 5.41) is 16.3. The minimum absolute atomic E-state index is 0.571. The van der Waals surface area contributed by atoms with Gasteiger partial charge >= 0.3 is 0 Å². The van der Waals surface area contributed by atoms with Crippen molar-refractivity contribution in [3.8, 4) is 6.07 Å². The molecule has 0 bridgehead atoms. The van der Waals surface area contributed by atoms with Gasteiger partial charge in [0.25, 0.3) is 0 Å². The van der Waals surface area contributed by atoms with E-state index >= 15 is 0 Å². The highest BCUT2D eigenvalue weighted by Gasteiger charge is 2.05. The lowest BCUT2D eigenvalue weighted by Gasteiger charge is -2.01. The number of nitrogens with one attached hydrogen (secondary N) is 1. The fraction of sp³-hybridized carbons (Fsp3) is 0.0714. The lowest BCUT2D eigenvalue weighted by atomic mass is 10.1. The Labute approximate surface area is 124 Å². The fourth-order valence-corrected chi connectivity index (χ4v) is 2.25. The second kappa shape index (κ2) is 5.31. The zero-order valence-corrected chi connectivity index (χ0v) is 12.0. The number of fused-ring (bicyclic) bond motifs is 1. The summed E-state index contributed by atoms with van der Waals surface area (Å²) in [5.41, 5.74) is 2.50. The van der Waals surface area contributed by atoms with Gasteiger partial charge in [-0.1, -0.05) is 12.1 Å². The number of pyridine rings is 1. The number of benzene rings is 1. The molecule has 0 atom stereocenters. The Bertz CT molecular complexity index is 785. The number of nitriles is 1. The van der Waals surface area contributed by atoms with Crippen LogP contribution in [0.2, 0.25) is 0 Å². The van der Waals surface area contributed by atoms with Crippen LogP contribution in [-0.2, 0) is 6.54 Å². The van der Waals surface area contributed by atoms with Crippen LogP contribution >= 0.6 is 15.9 Å². The SMILES string of the molecule is N#Cc1ccc(CNc2nc3c(Br)cccn3n2)cc1. The molecule has 0 aliphatic heterocycles. The highest BCUT2D eigenvalue weighted by Crippen LogP contribution is 2.17. The Morgan fingerprint density at radius 2 is 2.05 bits per heavy atom. The molecule has 6 heteroatoms. The topological polar surface area (TPSA) is 66.0 Å². The Morgan fingerprint density at radius 1 is 1.25 bits per heavy atom. The second-order valence-electron chi connectivity index (χ2n) is 4.22. The molecule has 0 aliphatic rings. The van der Waals surface area contributed by atoms with Crippen molar-refractivity contribution in [3.05, 3.63) is 58.2 Å². The Morgan fingerprint density at radius 3 is 2.75 bits per heavy atom. The molecule has 0 saturated heterocycles. The zero-order valence-electron chi connectivity index (χ0n) is 10.4. The van der Waals surface area contributed by atoms with Crippen LogP contribution in [0.3, 0.4) is 0 Å². The minimum Gasteiger partial charge on any atom is -0.349 e. The molecule has 0 amide bonds. The van der Waals surface area contributed by atoms with E-state index in [2.05, 4.69) is 37.4 Å². The van der Waals surface area contributed by atoms with Crippen LogP contribution in [0.1, 0.15) is 11.1 Å². The number of nitrogens with zero attached hydrogens (tertiary/aromatic N) is 4. The highest BCUT2D eigenvalue weighted by atomic mass is 79.9. The molecule has 0 fully saturated rings. The average molecular weight is 328 g/mol. The summed E-state index contributed by atoms with van der Waals surface area (Å²) in [4.78, 5) is 4.40. The molecular formula is C14H10BrN5. The molecule has 5 nitrogen and oxygen atoms in total. The third kappa shape index (κ3) is 2.49. The van der Waals surface area contributed by atoms with Gasteiger partial charge in [-0.25, -0.2) is 4.52 Å². The van der Waals surface area contributed by atoms with Crippen molar-refractivity contribution in [2.45, 2.75) is 6.54 Å². The summed E-state index contributed by atoms with van der Waals surface area (Å²) in [6, 6.07) is 13.3. The summed E-state index contributed by atoms with van der Waals surface area (Å²) >= 11 is 3.44. The first-order valence-electron chi connectivity index (χ1n) is 6.00. The van der Waals surface area contributed by atoms with Crippen LogP contribution in [0.4, 0.5) is 5.95 Å². The lowest BCUT2D eigenvalue weighted by Crippen LogP contribution is -2.01. The van der Waals surface area contributed by atoms with Gasteiger partial charge in [-0.15, -0.1) is 5.10 Å². The quantitative estimate of drug-likeness (QED) is 0.803. The number of hydrogen-bond donors (Lipinski definition) is 1. The average Bonchev–Trinajstić information content (AvgIpc) is 2.90. The minimum atomic E-state index is 0.571. The van der Waals surface area contributed by atoms with Crippen LogP contribution in [0.5, 0.6) is 0 Å². The second-order valence-corrected chi connectivity index (χ2v) is 5.08. The van der Waals surface area contributed by atoms with E-state index in [0.29, 0.717) is 18.1 Å². The largest absolute Gasteiger partial charge is 0.349 e. The number of halogens is 1. The molecule has 2 aromatic heterocycles. The van der Waals surface area contributed by atoms with Gasteiger partial charge < -0.3 is 5.32 Å². The fourth-order valence-electron chi connectivity index (χ4n) is 1.83. The molecule has 0 unspecified atom stereocenters. The molecule has 20 heavy (non-hydrogen) atoms. The van der Waals surface area contributed by atoms with E-state index in [-0.39, 0.29) is 0 Å². The normalized spacial score (nSPS) is 10.4. The zero-order chi connectivity index (χ0) is 13.9. The number of rotatable bonds is 3. The maximum Gasteiger partial charge on any atom is 0.243 e. The Balaban J connectivity index is 1.76. The summed E-state index contributed by atoms with van der Waals surface area (Å²) in [6.45, 7) is 0.611. The van der Waals surface area contributed by atoms with E-state index in [4.69, 9.17) is 5.26 Å². The van der Waals surface area contributed by atoms with E-state index in [1.807, 2.05) is 30.5 Å². The van der Waals surface area contributed by atoms with Gasteiger partial charge in [0.1, 0.15) is 0 Å².